The van der Waals surface area contributed by atoms with Gasteiger partial charge in [-0.05, 0) is 29.8 Å². The summed E-state index contributed by atoms with van der Waals surface area (Å²) in [5.41, 5.74) is 1.15. The van der Waals surface area contributed by atoms with Crippen molar-refractivity contribution in [1.82, 2.24) is 9.78 Å². The number of nitrogens with one attached hydrogen (secondary N) is 1. The van der Waals surface area contributed by atoms with Crippen molar-refractivity contribution in [3.05, 3.63) is 76.7 Å². The third-order valence-electron chi connectivity index (χ3n) is 3.58. The molecule has 3 aromatic rings. The van der Waals surface area contributed by atoms with Crippen molar-refractivity contribution >= 4 is 23.3 Å². The maximum Gasteiger partial charge on any atom is 0.260 e. The average molecular weight is 360 g/mol. The molecule has 3 rings (SSSR count). The third kappa shape index (κ3) is 3.97. The molecular formula is C18H15ClFN3O2. The van der Waals surface area contributed by atoms with E-state index in [4.69, 9.17) is 16.3 Å². The van der Waals surface area contributed by atoms with Crippen LogP contribution in [0.1, 0.15) is 15.9 Å². The van der Waals surface area contributed by atoms with Crippen LogP contribution >= 0.6 is 11.6 Å². The molecule has 1 heterocycles. The van der Waals surface area contributed by atoms with Gasteiger partial charge in [-0.25, -0.2) is 4.39 Å². The number of ether oxygens (including phenoxy) is 1. The van der Waals surface area contributed by atoms with Crippen LogP contribution in [-0.4, -0.2) is 22.8 Å². The maximum atomic E-state index is 13.1. The van der Waals surface area contributed by atoms with Gasteiger partial charge in [0.1, 0.15) is 11.6 Å². The van der Waals surface area contributed by atoms with E-state index in [-0.39, 0.29) is 11.7 Å². The van der Waals surface area contributed by atoms with E-state index in [1.54, 1.807) is 47.3 Å². The van der Waals surface area contributed by atoms with Crippen LogP contribution in [0, 0.1) is 5.82 Å². The molecule has 0 bridgehead atoms. The predicted octanol–water partition coefficient (Wildman–Crippen LogP) is 3.98. The molecule has 1 N–H and O–H groups in total. The van der Waals surface area contributed by atoms with Gasteiger partial charge in [0.05, 0.1) is 19.2 Å². The highest BCUT2D eigenvalue weighted by atomic mass is 35.5. The minimum atomic E-state index is -0.390. The van der Waals surface area contributed by atoms with Crippen LogP contribution in [0.2, 0.25) is 5.02 Å². The van der Waals surface area contributed by atoms with E-state index < -0.39 is 0 Å². The summed E-state index contributed by atoms with van der Waals surface area (Å²) in [4.78, 5) is 12.3. The molecule has 0 unspecified atom stereocenters. The number of carbonyl (C=O) groups excluding carboxylic acids is 1. The predicted molar refractivity (Wildman–Crippen MR) is 93.7 cm³/mol. The summed E-state index contributed by atoms with van der Waals surface area (Å²) < 4.78 is 19.9. The molecule has 128 valence electrons. The fourth-order valence-electron chi connectivity index (χ4n) is 2.36. The normalized spacial score (nSPS) is 10.5. The average Bonchev–Trinajstić information content (AvgIpc) is 3.04. The Morgan fingerprint density at radius 1 is 1.28 bits per heavy atom. The molecule has 0 saturated heterocycles. The number of methoxy groups -OCH3 is 1. The Morgan fingerprint density at radius 2 is 2.08 bits per heavy atom. The zero-order valence-electron chi connectivity index (χ0n) is 13.4. The van der Waals surface area contributed by atoms with Gasteiger partial charge in [0.15, 0.2) is 5.82 Å². The number of aromatic nitrogens is 2. The number of hydrogen-bond donors (Lipinski definition) is 1. The molecule has 1 amide bonds. The van der Waals surface area contributed by atoms with Crippen molar-refractivity contribution in [2.24, 2.45) is 0 Å². The summed E-state index contributed by atoms with van der Waals surface area (Å²) in [6.45, 7) is 0.365. The van der Waals surface area contributed by atoms with Crippen molar-refractivity contribution in [1.29, 1.82) is 0 Å². The van der Waals surface area contributed by atoms with Gasteiger partial charge in [-0.15, -0.1) is 0 Å². The van der Waals surface area contributed by atoms with Crippen LogP contribution in [0.5, 0.6) is 5.75 Å². The van der Waals surface area contributed by atoms with Crippen molar-refractivity contribution in [3.63, 3.8) is 0 Å². The summed E-state index contributed by atoms with van der Waals surface area (Å²) in [5, 5.41) is 7.33. The quantitative estimate of drug-likeness (QED) is 0.749. The topological polar surface area (TPSA) is 56.1 Å². The fraction of sp³-hybridized carbons (Fsp3) is 0.111. The molecule has 0 spiro atoms. The highest BCUT2D eigenvalue weighted by Gasteiger charge is 2.13. The van der Waals surface area contributed by atoms with Gasteiger partial charge in [0.2, 0.25) is 0 Å². The zero-order valence-corrected chi connectivity index (χ0v) is 14.1. The second-order valence-electron chi connectivity index (χ2n) is 5.29. The molecule has 0 aliphatic heterocycles. The standard InChI is InChI=1S/C18H15ClFN3O2/c1-25-16-5-3-2-4-14(16)18(24)21-17-8-9-23(22-17)11-12-6-7-13(20)10-15(12)19/h2-10H,11H2,1H3,(H,21,22,24). The Kier molecular flexibility index (Phi) is 5.00. The Balaban J connectivity index is 1.72. The van der Waals surface area contributed by atoms with Crippen LogP contribution in [0.15, 0.2) is 54.7 Å². The van der Waals surface area contributed by atoms with Gasteiger partial charge in [-0.1, -0.05) is 29.8 Å². The van der Waals surface area contributed by atoms with E-state index in [9.17, 15) is 9.18 Å². The summed E-state index contributed by atoms with van der Waals surface area (Å²) in [5.74, 6) is 0.174. The van der Waals surface area contributed by atoms with Crippen molar-refractivity contribution in [2.75, 3.05) is 12.4 Å². The van der Waals surface area contributed by atoms with Gasteiger partial charge in [0, 0.05) is 17.3 Å². The molecule has 25 heavy (non-hydrogen) atoms. The zero-order chi connectivity index (χ0) is 17.8. The molecule has 5 nitrogen and oxygen atoms in total. The number of halogens is 2. The molecular weight excluding hydrogens is 345 g/mol. The number of para-hydroxylation sites is 1. The lowest BCUT2D eigenvalue weighted by molar-refractivity contribution is 0.102. The fourth-order valence-corrected chi connectivity index (χ4v) is 2.58. The summed E-state index contributed by atoms with van der Waals surface area (Å²) in [6, 6.07) is 12.8. The smallest absolute Gasteiger partial charge is 0.260 e. The minimum absolute atomic E-state index is 0.317. The number of hydrogen-bond acceptors (Lipinski definition) is 3. The first-order valence-electron chi connectivity index (χ1n) is 7.48. The molecule has 0 fully saturated rings. The molecule has 7 heteroatoms. The van der Waals surface area contributed by atoms with Gasteiger partial charge in [-0.2, -0.15) is 5.10 Å². The monoisotopic (exact) mass is 359 g/mol. The second kappa shape index (κ2) is 7.36. The molecule has 0 radical (unpaired) electrons. The lowest BCUT2D eigenvalue weighted by Gasteiger charge is -2.07. The maximum absolute atomic E-state index is 13.1. The number of benzene rings is 2. The van der Waals surface area contributed by atoms with Gasteiger partial charge < -0.3 is 10.1 Å². The minimum Gasteiger partial charge on any atom is -0.496 e. The van der Waals surface area contributed by atoms with E-state index in [1.807, 2.05) is 0 Å². The highest BCUT2D eigenvalue weighted by molar-refractivity contribution is 6.31. The molecule has 0 aliphatic rings. The Morgan fingerprint density at radius 3 is 2.84 bits per heavy atom. The van der Waals surface area contributed by atoms with Gasteiger partial charge >= 0.3 is 0 Å². The van der Waals surface area contributed by atoms with Crippen LogP contribution in [-0.2, 0) is 6.54 Å². The lowest BCUT2D eigenvalue weighted by Crippen LogP contribution is -2.14. The van der Waals surface area contributed by atoms with Gasteiger partial charge in [0.25, 0.3) is 5.91 Å². The third-order valence-corrected chi connectivity index (χ3v) is 3.93. The largest absolute Gasteiger partial charge is 0.496 e. The molecule has 2 aromatic carbocycles. The summed E-state index contributed by atoms with van der Waals surface area (Å²) >= 11 is 6.02. The van der Waals surface area contributed by atoms with Crippen LogP contribution < -0.4 is 10.1 Å². The first-order valence-corrected chi connectivity index (χ1v) is 7.86. The SMILES string of the molecule is COc1ccccc1C(=O)Nc1ccn(Cc2ccc(F)cc2Cl)n1. The van der Waals surface area contributed by atoms with Crippen LogP contribution in [0.4, 0.5) is 10.2 Å². The molecule has 0 aliphatic carbocycles. The van der Waals surface area contributed by atoms with E-state index >= 15 is 0 Å². The van der Waals surface area contributed by atoms with Crippen LogP contribution in [0.3, 0.4) is 0 Å². The first-order chi connectivity index (χ1) is 12.1. The number of rotatable bonds is 5. The summed E-state index contributed by atoms with van der Waals surface area (Å²) in [7, 11) is 1.51. The van der Waals surface area contributed by atoms with Crippen molar-refractivity contribution in [3.8, 4) is 5.75 Å². The van der Waals surface area contributed by atoms with E-state index in [0.717, 1.165) is 5.56 Å². The lowest BCUT2D eigenvalue weighted by atomic mass is 10.2. The number of anilines is 1. The molecule has 0 saturated carbocycles. The second-order valence-corrected chi connectivity index (χ2v) is 5.70. The van der Waals surface area contributed by atoms with Crippen LogP contribution in [0.25, 0.3) is 0 Å². The molecule has 0 atom stereocenters. The first kappa shape index (κ1) is 17.0. The number of nitrogens with zero attached hydrogens (tertiary/aromatic N) is 2. The van der Waals surface area contributed by atoms with Crippen molar-refractivity contribution < 1.29 is 13.9 Å². The number of amides is 1. The van der Waals surface area contributed by atoms with E-state index in [2.05, 4.69) is 10.4 Å². The Bertz CT molecular complexity index is 911. The summed E-state index contributed by atoms with van der Waals surface area (Å²) in [6.07, 6.45) is 1.71. The van der Waals surface area contributed by atoms with E-state index in [1.165, 1.54) is 19.2 Å². The molecule has 1 aromatic heterocycles. The highest BCUT2D eigenvalue weighted by Crippen LogP contribution is 2.20. The van der Waals surface area contributed by atoms with Crippen molar-refractivity contribution in [2.45, 2.75) is 6.54 Å². The Hall–Kier alpha value is -2.86. The number of carbonyl (C=O) groups is 1. The van der Waals surface area contributed by atoms with Gasteiger partial charge in [-0.3, -0.25) is 9.48 Å². The Labute approximate surface area is 149 Å². The van der Waals surface area contributed by atoms with E-state index in [0.29, 0.717) is 28.7 Å².